The predicted molar refractivity (Wildman–Crippen MR) is 51.2 cm³/mol. The predicted octanol–water partition coefficient (Wildman–Crippen LogP) is 0.784. The van der Waals surface area contributed by atoms with Gasteiger partial charge < -0.3 is 14.2 Å². The second-order valence-corrected chi connectivity index (χ2v) is 3.49. The van der Waals surface area contributed by atoms with Gasteiger partial charge in [0, 0.05) is 20.1 Å². The van der Waals surface area contributed by atoms with Crippen molar-refractivity contribution < 1.29 is 19.0 Å². The molecule has 0 aromatic heterocycles. The standard InChI is InChI=1S/C10H18O4/c1-4-13-10-8(11)5-9(10)14-7(2)6-12-3/h7,9-10H,4-6H2,1-3H3. The van der Waals surface area contributed by atoms with E-state index in [0.29, 0.717) is 19.6 Å². The summed E-state index contributed by atoms with van der Waals surface area (Å²) in [6.45, 7) is 4.90. The van der Waals surface area contributed by atoms with Gasteiger partial charge in [-0.15, -0.1) is 0 Å². The molecule has 0 aromatic rings. The summed E-state index contributed by atoms with van der Waals surface area (Å²) in [5, 5.41) is 0. The Labute approximate surface area is 84.5 Å². The third-order valence-corrected chi connectivity index (χ3v) is 2.21. The van der Waals surface area contributed by atoms with E-state index in [2.05, 4.69) is 0 Å². The van der Waals surface area contributed by atoms with Gasteiger partial charge in [-0.05, 0) is 13.8 Å². The summed E-state index contributed by atoms with van der Waals surface area (Å²) in [5.74, 6) is 0.140. The highest BCUT2D eigenvalue weighted by Gasteiger charge is 2.42. The molecule has 0 aliphatic heterocycles. The maximum absolute atomic E-state index is 11.1. The number of ketones is 1. The molecule has 1 aliphatic carbocycles. The molecule has 0 amide bonds. The minimum absolute atomic E-state index is 0.0149. The molecule has 82 valence electrons. The molecule has 0 aromatic carbocycles. The van der Waals surface area contributed by atoms with Crippen LogP contribution in [0.2, 0.25) is 0 Å². The molecular formula is C10H18O4. The Hall–Kier alpha value is -0.450. The zero-order valence-electron chi connectivity index (χ0n) is 8.99. The smallest absolute Gasteiger partial charge is 0.166 e. The van der Waals surface area contributed by atoms with Gasteiger partial charge in [0.15, 0.2) is 5.78 Å². The van der Waals surface area contributed by atoms with Crippen molar-refractivity contribution in [2.45, 2.75) is 38.6 Å². The average molecular weight is 202 g/mol. The zero-order valence-corrected chi connectivity index (χ0v) is 8.99. The number of Topliss-reactive ketones (excluding diaryl/α,β-unsaturated/α-hetero) is 1. The normalized spacial score (nSPS) is 28.6. The van der Waals surface area contributed by atoms with Crippen molar-refractivity contribution in [2.24, 2.45) is 0 Å². The van der Waals surface area contributed by atoms with E-state index in [4.69, 9.17) is 14.2 Å². The topological polar surface area (TPSA) is 44.8 Å². The van der Waals surface area contributed by atoms with Gasteiger partial charge in [-0.3, -0.25) is 4.79 Å². The van der Waals surface area contributed by atoms with Crippen molar-refractivity contribution in [1.29, 1.82) is 0 Å². The second-order valence-electron chi connectivity index (χ2n) is 3.49. The van der Waals surface area contributed by atoms with Crippen LogP contribution in [0.3, 0.4) is 0 Å². The lowest BCUT2D eigenvalue weighted by molar-refractivity contribution is -0.174. The van der Waals surface area contributed by atoms with Crippen molar-refractivity contribution in [3.05, 3.63) is 0 Å². The van der Waals surface area contributed by atoms with Crippen LogP contribution in [0.25, 0.3) is 0 Å². The fourth-order valence-electron chi connectivity index (χ4n) is 1.54. The van der Waals surface area contributed by atoms with Gasteiger partial charge in [-0.25, -0.2) is 0 Å². The van der Waals surface area contributed by atoms with Crippen LogP contribution in [0.15, 0.2) is 0 Å². The molecule has 1 saturated carbocycles. The summed E-state index contributed by atoms with van der Waals surface area (Å²) in [4.78, 5) is 11.1. The minimum Gasteiger partial charge on any atom is -0.382 e. The van der Waals surface area contributed by atoms with Crippen LogP contribution in [0, 0.1) is 0 Å². The van der Waals surface area contributed by atoms with Crippen LogP contribution in [0.4, 0.5) is 0 Å². The Bertz CT molecular complexity index is 193. The lowest BCUT2D eigenvalue weighted by Crippen LogP contribution is -2.51. The van der Waals surface area contributed by atoms with Crippen LogP contribution in [0.1, 0.15) is 20.3 Å². The van der Waals surface area contributed by atoms with Crippen LogP contribution < -0.4 is 0 Å². The summed E-state index contributed by atoms with van der Waals surface area (Å²) in [7, 11) is 1.63. The van der Waals surface area contributed by atoms with Gasteiger partial charge in [0.25, 0.3) is 0 Å². The van der Waals surface area contributed by atoms with Crippen molar-refractivity contribution in [2.75, 3.05) is 20.3 Å². The summed E-state index contributed by atoms with van der Waals surface area (Å²) >= 11 is 0. The Morgan fingerprint density at radius 2 is 2.29 bits per heavy atom. The lowest BCUT2D eigenvalue weighted by atomic mass is 9.90. The maximum atomic E-state index is 11.1. The molecule has 3 unspecified atom stereocenters. The van der Waals surface area contributed by atoms with Gasteiger partial charge >= 0.3 is 0 Å². The highest BCUT2D eigenvalue weighted by molar-refractivity contribution is 5.90. The highest BCUT2D eigenvalue weighted by Crippen LogP contribution is 2.24. The van der Waals surface area contributed by atoms with Crippen LogP contribution in [-0.4, -0.2) is 44.4 Å². The van der Waals surface area contributed by atoms with Crippen LogP contribution >= 0.6 is 0 Å². The number of ether oxygens (including phenoxy) is 3. The quantitative estimate of drug-likeness (QED) is 0.638. The summed E-state index contributed by atoms with van der Waals surface area (Å²) in [6.07, 6.45) is 0.0617. The molecule has 0 bridgehead atoms. The molecule has 14 heavy (non-hydrogen) atoms. The van der Waals surface area contributed by atoms with Crippen molar-refractivity contribution >= 4 is 5.78 Å². The molecule has 1 rings (SSSR count). The van der Waals surface area contributed by atoms with Gasteiger partial charge in [0.1, 0.15) is 6.10 Å². The van der Waals surface area contributed by atoms with E-state index in [9.17, 15) is 4.79 Å². The Balaban J connectivity index is 2.28. The number of rotatable bonds is 6. The summed E-state index contributed by atoms with van der Waals surface area (Å²) < 4.78 is 15.8. The lowest BCUT2D eigenvalue weighted by Gasteiger charge is -2.35. The first-order chi connectivity index (χ1) is 6.69. The zero-order chi connectivity index (χ0) is 10.6. The Morgan fingerprint density at radius 3 is 2.79 bits per heavy atom. The fourth-order valence-corrected chi connectivity index (χ4v) is 1.54. The minimum atomic E-state index is -0.348. The van der Waals surface area contributed by atoms with Gasteiger partial charge in [-0.1, -0.05) is 0 Å². The second kappa shape index (κ2) is 5.44. The molecule has 0 heterocycles. The molecule has 4 heteroatoms. The van der Waals surface area contributed by atoms with E-state index < -0.39 is 0 Å². The number of hydrogen-bond donors (Lipinski definition) is 0. The molecule has 0 saturated heterocycles. The monoisotopic (exact) mass is 202 g/mol. The molecule has 0 N–H and O–H groups in total. The summed E-state index contributed by atoms with van der Waals surface area (Å²) in [6, 6.07) is 0. The number of hydrogen-bond acceptors (Lipinski definition) is 4. The van der Waals surface area contributed by atoms with E-state index in [1.807, 2.05) is 13.8 Å². The van der Waals surface area contributed by atoms with Crippen molar-refractivity contribution in [3.8, 4) is 0 Å². The molecule has 0 radical (unpaired) electrons. The molecule has 3 atom stereocenters. The number of methoxy groups -OCH3 is 1. The molecule has 1 fully saturated rings. The van der Waals surface area contributed by atoms with E-state index in [0.717, 1.165) is 0 Å². The van der Waals surface area contributed by atoms with E-state index in [-0.39, 0.29) is 24.1 Å². The van der Waals surface area contributed by atoms with Gasteiger partial charge in [0.05, 0.1) is 18.8 Å². The van der Waals surface area contributed by atoms with E-state index in [1.54, 1.807) is 7.11 Å². The van der Waals surface area contributed by atoms with Crippen molar-refractivity contribution in [3.63, 3.8) is 0 Å². The van der Waals surface area contributed by atoms with Gasteiger partial charge in [-0.2, -0.15) is 0 Å². The molecule has 1 aliphatic rings. The van der Waals surface area contributed by atoms with Crippen LogP contribution in [-0.2, 0) is 19.0 Å². The van der Waals surface area contributed by atoms with Crippen molar-refractivity contribution in [1.82, 2.24) is 0 Å². The first-order valence-electron chi connectivity index (χ1n) is 4.97. The highest BCUT2D eigenvalue weighted by atomic mass is 16.6. The number of carbonyl (C=O) groups excluding carboxylic acids is 1. The SMILES string of the molecule is CCOC1C(=O)CC1OC(C)COC. The Morgan fingerprint density at radius 1 is 1.57 bits per heavy atom. The molecule has 0 spiro atoms. The van der Waals surface area contributed by atoms with E-state index >= 15 is 0 Å². The third-order valence-electron chi connectivity index (χ3n) is 2.21. The number of carbonyl (C=O) groups is 1. The first kappa shape index (κ1) is 11.6. The average Bonchev–Trinajstić information content (AvgIpc) is 2.14. The Kier molecular flexibility index (Phi) is 4.51. The maximum Gasteiger partial charge on any atom is 0.166 e. The largest absolute Gasteiger partial charge is 0.382 e. The summed E-state index contributed by atoms with van der Waals surface area (Å²) in [5.41, 5.74) is 0. The van der Waals surface area contributed by atoms with E-state index in [1.165, 1.54) is 0 Å². The van der Waals surface area contributed by atoms with Crippen LogP contribution in [0.5, 0.6) is 0 Å². The fraction of sp³-hybridized carbons (Fsp3) is 0.900. The first-order valence-corrected chi connectivity index (χ1v) is 4.97. The third kappa shape index (κ3) is 2.77. The van der Waals surface area contributed by atoms with Gasteiger partial charge in [0.2, 0.25) is 0 Å². The molecular weight excluding hydrogens is 184 g/mol. The molecule has 4 nitrogen and oxygen atoms in total.